The summed E-state index contributed by atoms with van der Waals surface area (Å²) in [4.78, 5) is 23.7. The summed E-state index contributed by atoms with van der Waals surface area (Å²) in [5.74, 6) is -0.0362. The van der Waals surface area contributed by atoms with Crippen molar-refractivity contribution in [2.24, 2.45) is 0 Å². The summed E-state index contributed by atoms with van der Waals surface area (Å²) in [5, 5.41) is 10.7. The first kappa shape index (κ1) is 15.0. The van der Waals surface area contributed by atoms with Gasteiger partial charge < -0.3 is 5.32 Å². The third-order valence-electron chi connectivity index (χ3n) is 3.71. The highest BCUT2D eigenvalue weighted by molar-refractivity contribution is 5.84. The van der Waals surface area contributed by atoms with Crippen molar-refractivity contribution in [3.63, 3.8) is 0 Å². The zero-order valence-electron chi connectivity index (χ0n) is 12.6. The number of fused-ring (bicyclic) bond motifs is 1. The van der Waals surface area contributed by atoms with Crippen molar-refractivity contribution in [3.05, 3.63) is 76.2 Å². The first-order valence-corrected chi connectivity index (χ1v) is 7.51. The lowest BCUT2D eigenvalue weighted by molar-refractivity contribution is -0.121. The van der Waals surface area contributed by atoms with Crippen LogP contribution in [0.5, 0.6) is 0 Å². The van der Waals surface area contributed by atoms with Gasteiger partial charge in [0.1, 0.15) is 0 Å². The van der Waals surface area contributed by atoms with E-state index in [4.69, 9.17) is 0 Å². The lowest BCUT2D eigenvalue weighted by Gasteiger charge is -2.07. The van der Waals surface area contributed by atoms with E-state index in [-0.39, 0.29) is 11.5 Å². The van der Waals surface area contributed by atoms with Gasteiger partial charge in [-0.3, -0.25) is 9.59 Å². The number of hydrogen-bond donors (Lipinski definition) is 2. The first-order valence-electron chi connectivity index (χ1n) is 7.51. The van der Waals surface area contributed by atoms with Gasteiger partial charge in [0.15, 0.2) is 0 Å². The van der Waals surface area contributed by atoms with E-state index in [2.05, 4.69) is 15.5 Å². The van der Waals surface area contributed by atoms with Gasteiger partial charge in [0, 0.05) is 11.8 Å². The SMILES string of the molecule is O=C(CCc1ccccc1)NCc1n[nH]c(=O)c2ccccc12. The van der Waals surface area contributed by atoms with E-state index in [1.54, 1.807) is 12.1 Å². The molecule has 0 aliphatic carbocycles. The van der Waals surface area contributed by atoms with Crippen molar-refractivity contribution in [1.82, 2.24) is 15.5 Å². The second-order valence-electron chi connectivity index (χ2n) is 5.31. The number of aromatic amines is 1. The van der Waals surface area contributed by atoms with Crippen LogP contribution in [0.2, 0.25) is 0 Å². The minimum absolute atomic E-state index is 0.0362. The maximum absolute atomic E-state index is 12.0. The Balaban J connectivity index is 1.63. The smallest absolute Gasteiger partial charge is 0.272 e. The fourth-order valence-electron chi connectivity index (χ4n) is 2.48. The van der Waals surface area contributed by atoms with Gasteiger partial charge in [0.05, 0.1) is 17.6 Å². The summed E-state index contributed by atoms with van der Waals surface area (Å²) in [7, 11) is 0. The molecule has 0 radical (unpaired) electrons. The Morgan fingerprint density at radius 2 is 1.70 bits per heavy atom. The molecule has 3 rings (SSSR count). The fourth-order valence-corrected chi connectivity index (χ4v) is 2.48. The third-order valence-corrected chi connectivity index (χ3v) is 3.71. The van der Waals surface area contributed by atoms with Gasteiger partial charge in [-0.15, -0.1) is 0 Å². The molecule has 5 nitrogen and oxygen atoms in total. The van der Waals surface area contributed by atoms with Crippen molar-refractivity contribution < 1.29 is 4.79 Å². The second-order valence-corrected chi connectivity index (χ2v) is 5.31. The van der Waals surface area contributed by atoms with E-state index in [0.29, 0.717) is 30.5 Å². The number of H-pyrrole nitrogens is 1. The molecular formula is C18H17N3O2. The second kappa shape index (κ2) is 6.87. The van der Waals surface area contributed by atoms with Crippen LogP contribution in [-0.2, 0) is 17.8 Å². The van der Waals surface area contributed by atoms with E-state index >= 15 is 0 Å². The highest BCUT2D eigenvalue weighted by atomic mass is 16.1. The number of nitrogens with zero attached hydrogens (tertiary/aromatic N) is 1. The van der Waals surface area contributed by atoms with Gasteiger partial charge in [-0.2, -0.15) is 5.10 Å². The van der Waals surface area contributed by atoms with Crippen LogP contribution in [0.1, 0.15) is 17.7 Å². The zero-order valence-corrected chi connectivity index (χ0v) is 12.6. The molecule has 5 heteroatoms. The summed E-state index contributed by atoms with van der Waals surface area (Å²) < 4.78 is 0. The Hall–Kier alpha value is -2.95. The van der Waals surface area contributed by atoms with Crippen LogP contribution in [-0.4, -0.2) is 16.1 Å². The van der Waals surface area contributed by atoms with Crippen LogP contribution in [0.4, 0.5) is 0 Å². The number of aryl methyl sites for hydroxylation is 1. The molecule has 0 bridgehead atoms. The van der Waals surface area contributed by atoms with Gasteiger partial charge in [-0.1, -0.05) is 48.5 Å². The largest absolute Gasteiger partial charge is 0.350 e. The van der Waals surface area contributed by atoms with E-state index < -0.39 is 0 Å². The molecule has 1 amide bonds. The topological polar surface area (TPSA) is 74.8 Å². The predicted octanol–water partition coefficient (Wildman–Crippen LogP) is 2.17. The van der Waals surface area contributed by atoms with Crippen molar-refractivity contribution >= 4 is 16.7 Å². The first-order chi connectivity index (χ1) is 11.2. The maximum atomic E-state index is 12.0. The Kier molecular flexibility index (Phi) is 4.47. The molecule has 3 aromatic rings. The molecule has 0 saturated heterocycles. The summed E-state index contributed by atoms with van der Waals surface area (Å²) in [6, 6.07) is 17.1. The third kappa shape index (κ3) is 3.63. The van der Waals surface area contributed by atoms with Crippen LogP contribution in [0.25, 0.3) is 10.8 Å². The van der Waals surface area contributed by atoms with Gasteiger partial charge in [-0.25, -0.2) is 5.10 Å². The fraction of sp³-hybridized carbons (Fsp3) is 0.167. The standard InChI is InChI=1S/C18H17N3O2/c22-17(11-10-13-6-2-1-3-7-13)19-12-16-14-8-4-5-9-15(14)18(23)21-20-16/h1-9H,10-12H2,(H,19,22)(H,21,23). The van der Waals surface area contributed by atoms with Gasteiger partial charge >= 0.3 is 0 Å². The molecule has 23 heavy (non-hydrogen) atoms. The van der Waals surface area contributed by atoms with E-state index in [1.807, 2.05) is 42.5 Å². The number of aromatic nitrogens is 2. The molecule has 1 heterocycles. The number of rotatable bonds is 5. The summed E-state index contributed by atoms with van der Waals surface area (Å²) in [6.07, 6.45) is 1.12. The minimum atomic E-state index is -0.222. The number of nitrogens with one attached hydrogen (secondary N) is 2. The lowest BCUT2D eigenvalue weighted by Crippen LogP contribution is -2.24. The van der Waals surface area contributed by atoms with E-state index in [9.17, 15) is 9.59 Å². The number of carbonyl (C=O) groups excluding carboxylic acids is 1. The summed E-state index contributed by atoms with van der Waals surface area (Å²) in [6.45, 7) is 0.297. The Bertz CT molecular complexity index is 872. The van der Waals surface area contributed by atoms with Crippen LogP contribution >= 0.6 is 0 Å². The highest BCUT2D eigenvalue weighted by Gasteiger charge is 2.08. The predicted molar refractivity (Wildman–Crippen MR) is 89.0 cm³/mol. The Morgan fingerprint density at radius 1 is 1.00 bits per heavy atom. The highest BCUT2D eigenvalue weighted by Crippen LogP contribution is 2.12. The van der Waals surface area contributed by atoms with Crippen LogP contribution in [0.15, 0.2) is 59.4 Å². The number of carbonyl (C=O) groups is 1. The van der Waals surface area contributed by atoms with E-state index in [1.165, 1.54) is 0 Å². The van der Waals surface area contributed by atoms with Crippen LogP contribution in [0.3, 0.4) is 0 Å². The molecule has 1 aromatic heterocycles. The molecule has 0 atom stereocenters. The van der Waals surface area contributed by atoms with Crippen molar-refractivity contribution in [2.75, 3.05) is 0 Å². The molecule has 0 aliphatic heterocycles. The van der Waals surface area contributed by atoms with Crippen molar-refractivity contribution in [3.8, 4) is 0 Å². The van der Waals surface area contributed by atoms with Crippen molar-refractivity contribution in [2.45, 2.75) is 19.4 Å². The average molecular weight is 307 g/mol. The Labute approximate surface area is 133 Å². The van der Waals surface area contributed by atoms with Gasteiger partial charge in [0.2, 0.25) is 5.91 Å². The molecule has 2 N–H and O–H groups in total. The molecular weight excluding hydrogens is 290 g/mol. The quantitative estimate of drug-likeness (QED) is 0.758. The monoisotopic (exact) mass is 307 g/mol. The molecule has 0 saturated carbocycles. The normalized spacial score (nSPS) is 10.6. The van der Waals surface area contributed by atoms with E-state index in [0.717, 1.165) is 10.9 Å². The van der Waals surface area contributed by atoms with Crippen molar-refractivity contribution in [1.29, 1.82) is 0 Å². The lowest BCUT2D eigenvalue weighted by atomic mass is 10.1. The molecule has 0 fully saturated rings. The minimum Gasteiger partial charge on any atom is -0.350 e. The molecule has 0 spiro atoms. The van der Waals surface area contributed by atoms with Crippen LogP contribution in [0, 0.1) is 0 Å². The summed E-state index contributed by atoms with van der Waals surface area (Å²) in [5.41, 5.74) is 1.57. The number of hydrogen-bond acceptors (Lipinski definition) is 3. The van der Waals surface area contributed by atoms with Crippen LogP contribution < -0.4 is 10.9 Å². The zero-order chi connectivity index (χ0) is 16.1. The molecule has 0 aliphatic rings. The average Bonchev–Trinajstić information content (AvgIpc) is 2.60. The van der Waals surface area contributed by atoms with Gasteiger partial charge in [-0.05, 0) is 18.1 Å². The summed E-state index contributed by atoms with van der Waals surface area (Å²) >= 11 is 0. The Morgan fingerprint density at radius 3 is 2.48 bits per heavy atom. The molecule has 0 unspecified atom stereocenters. The number of benzene rings is 2. The molecule has 116 valence electrons. The van der Waals surface area contributed by atoms with Gasteiger partial charge in [0.25, 0.3) is 5.56 Å². The molecule has 2 aromatic carbocycles. The number of amides is 1. The maximum Gasteiger partial charge on any atom is 0.272 e.